The lowest BCUT2D eigenvalue weighted by Gasteiger charge is -2.35. The molecule has 0 aromatic heterocycles. The van der Waals surface area contributed by atoms with Crippen molar-refractivity contribution in [2.24, 2.45) is 0 Å². The van der Waals surface area contributed by atoms with Crippen LogP contribution < -0.4 is 10.6 Å². The maximum absolute atomic E-state index is 11.8. The Morgan fingerprint density at radius 1 is 1.35 bits per heavy atom. The fraction of sp³-hybridized carbons (Fsp3) is 0.875. The number of ether oxygens (including phenoxy) is 3. The zero-order chi connectivity index (χ0) is 19.4. The molecule has 0 spiro atoms. The standard InChI is InChI=1S/C16H30N2O8/c1-2-3-11(18-10-20)16(23)17-4-5-24-6-7-25-14-8-12(21)15(22)13(9-19)26-14/h10-15,19,21-22H,2-9H2,1H3,(H,17,23)(H,18,20). The smallest absolute Gasteiger partial charge is 0.242 e. The van der Waals surface area contributed by atoms with Gasteiger partial charge in [0.15, 0.2) is 6.29 Å². The lowest BCUT2D eigenvalue weighted by molar-refractivity contribution is -0.258. The van der Waals surface area contributed by atoms with Gasteiger partial charge in [0.05, 0.1) is 32.5 Å². The summed E-state index contributed by atoms with van der Waals surface area (Å²) < 4.78 is 16.0. The van der Waals surface area contributed by atoms with Crippen LogP contribution in [0, 0.1) is 0 Å². The molecule has 1 fully saturated rings. The SMILES string of the molecule is CCCC(NC=O)C(=O)NCCOCCOC1CC(O)C(O)C(CO)O1. The van der Waals surface area contributed by atoms with Gasteiger partial charge in [-0.15, -0.1) is 0 Å². The lowest BCUT2D eigenvalue weighted by atomic mass is 10.0. The van der Waals surface area contributed by atoms with Gasteiger partial charge in [-0.25, -0.2) is 0 Å². The van der Waals surface area contributed by atoms with Gasteiger partial charge in [-0.05, 0) is 6.42 Å². The third-order valence-corrected chi connectivity index (χ3v) is 3.96. The zero-order valence-electron chi connectivity index (χ0n) is 15.0. The van der Waals surface area contributed by atoms with Gasteiger partial charge in [-0.2, -0.15) is 0 Å². The van der Waals surface area contributed by atoms with Crippen LogP contribution in [0.1, 0.15) is 26.2 Å². The number of aliphatic hydroxyl groups excluding tert-OH is 3. The number of carbonyl (C=O) groups is 2. The van der Waals surface area contributed by atoms with Crippen LogP contribution in [-0.2, 0) is 23.8 Å². The van der Waals surface area contributed by atoms with Gasteiger partial charge in [0, 0.05) is 13.0 Å². The van der Waals surface area contributed by atoms with Crippen molar-refractivity contribution in [1.29, 1.82) is 0 Å². The number of amides is 2. The highest BCUT2D eigenvalue weighted by Crippen LogP contribution is 2.20. The minimum atomic E-state index is -1.13. The quantitative estimate of drug-likeness (QED) is 0.181. The lowest BCUT2D eigenvalue weighted by Crippen LogP contribution is -2.50. The van der Waals surface area contributed by atoms with E-state index < -0.39 is 37.3 Å². The second-order valence-electron chi connectivity index (χ2n) is 5.98. The summed E-state index contributed by atoms with van der Waals surface area (Å²) in [5.41, 5.74) is 0. The molecule has 2 amide bonds. The third kappa shape index (κ3) is 7.94. The highest BCUT2D eigenvalue weighted by molar-refractivity contribution is 5.83. The summed E-state index contributed by atoms with van der Waals surface area (Å²) in [6, 6.07) is -0.537. The predicted molar refractivity (Wildman–Crippen MR) is 90.1 cm³/mol. The molecule has 0 aromatic carbocycles. The Morgan fingerprint density at radius 2 is 2.12 bits per heavy atom. The molecule has 0 aliphatic carbocycles. The monoisotopic (exact) mass is 378 g/mol. The number of nitrogens with one attached hydrogen (secondary N) is 2. The summed E-state index contributed by atoms with van der Waals surface area (Å²) in [6.45, 7) is 2.55. The van der Waals surface area contributed by atoms with E-state index in [-0.39, 0.29) is 32.1 Å². The van der Waals surface area contributed by atoms with E-state index in [9.17, 15) is 19.8 Å². The van der Waals surface area contributed by atoms with Crippen LogP contribution in [-0.4, -0.2) is 91.3 Å². The molecule has 5 atom stereocenters. The molecule has 26 heavy (non-hydrogen) atoms. The van der Waals surface area contributed by atoms with E-state index in [0.717, 1.165) is 6.42 Å². The van der Waals surface area contributed by atoms with Gasteiger partial charge in [0.1, 0.15) is 18.2 Å². The number of rotatable bonds is 13. The van der Waals surface area contributed by atoms with Gasteiger partial charge in [0.25, 0.3) is 0 Å². The Kier molecular flexibility index (Phi) is 11.3. The molecule has 10 nitrogen and oxygen atoms in total. The van der Waals surface area contributed by atoms with Crippen LogP contribution in [0.4, 0.5) is 0 Å². The Bertz CT molecular complexity index is 412. The molecule has 10 heteroatoms. The van der Waals surface area contributed by atoms with E-state index in [0.29, 0.717) is 19.4 Å². The molecule has 1 aliphatic rings. The van der Waals surface area contributed by atoms with E-state index in [4.69, 9.17) is 19.3 Å². The molecule has 5 N–H and O–H groups in total. The van der Waals surface area contributed by atoms with Crippen molar-refractivity contribution in [3.05, 3.63) is 0 Å². The summed E-state index contributed by atoms with van der Waals surface area (Å²) in [6.07, 6.45) is -1.79. The molecule has 0 aromatic rings. The first-order chi connectivity index (χ1) is 12.5. The Morgan fingerprint density at radius 3 is 2.77 bits per heavy atom. The van der Waals surface area contributed by atoms with Crippen molar-refractivity contribution in [2.75, 3.05) is 33.0 Å². The first-order valence-corrected chi connectivity index (χ1v) is 8.82. The number of hydrogen-bond donors (Lipinski definition) is 5. The molecule has 1 aliphatic heterocycles. The molecule has 5 unspecified atom stereocenters. The second kappa shape index (κ2) is 13.0. The average molecular weight is 378 g/mol. The highest BCUT2D eigenvalue weighted by Gasteiger charge is 2.36. The van der Waals surface area contributed by atoms with E-state index in [2.05, 4.69) is 10.6 Å². The fourth-order valence-electron chi connectivity index (χ4n) is 2.54. The fourth-order valence-corrected chi connectivity index (χ4v) is 2.54. The summed E-state index contributed by atoms with van der Waals surface area (Å²) in [5, 5.41) is 33.5. The maximum Gasteiger partial charge on any atom is 0.242 e. The number of aliphatic hydroxyl groups is 3. The maximum atomic E-state index is 11.8. The molecule has 1 heterocycles. The van der Waals surface area contributed by atoms with Crippen molar-refractivity contribution < 1.29 is 39.1 Å². The molecule has 0 bridgehead atoms. The highest BCUT2D eigenvalue weighted by atomic mass is 16.7. The van der Waals surface area contributed by atoms with Gasteiger partial charge in [-0.3, -0.25) is 9.59 Å². The first kappa shape index (κ1) is 22.7. The van der Waals surface area contributed by atoms with Crippen LogP contribution in [0.5, 0.6) is 0 Å². The van der Waals surface area contributed by atoms with E-state index in [1.54, 1.807) is 0 Å². The largest absolute Gasteiger partial charge is 0.394 e. The number of hydrogen-bond acceptors (Lipinski definition) is 8. The molecule has 1 saturated heterocycles. The van der Waals surface area contributed by atoms with Crippen molar-refractivity contribution in [2.45, 2.75) is 56.8 Å². The van der Waals surface area contributed by atoms with Crippen molar-refractivity contribution >= 4 is 12.3 Å². The van der Waals surface area contributed by atoms with Crippen LogP contribution in [0.25, 0.3) is 0 Å². The molecule has 0 saturated carbocycles. The molecular formula is C16H30N2O8. The van der Waals surface area contributed by atoms with Crippen molar-refractivity contribution in [3.8, 4) is 0 Å². The predicted octanol–water partition coefficient (Wildman–Crippen LogP) is -2.12. The second-order valence-corrected chi connectivity index (χ2v) is 5.98. The van der Waals surface area contributed by atoms with E-state index >= 15 is 0 Å². The summed E-state index contributed by atoms with van der Waals surface area (Å²) in [7, 11) is 0. The van der Waals surface area contributed by atoms with Crippen molar-refractivity contribution in [1.82, 2.24) is 10.6 Å². The van der Waals surface area contributed by atoms with E-state index in [1.165, 1.54) is 0 Å². The average Bonchev–Trinajstić information content (AvgIpc) is 2.63. The molecule has 0 radical (unpaired) electrons. The van der Waals surface area contributed by atoms with Crippen LogP contribution >= 0.6 is 0 Å². The number of carbonyl (C=O) groups excluding carboxylic acids is 2. The van der Waals surface area contributed by atoms with Gasteiger partial charge in [-0.1, -0.05) is 13.3 Å². The first-order valence-electron chi connectivity index (χ1n) is 8.82. The van der Waals surface area contributed by atoms with Crippen molar-refractivity contribution in [3.63, 3.8) is 0 Å². The van der Waals surface area contributed by atoms with Gasteiger partial charge in [0.2, 0.25) is 12.3 Å². The van der Waals surface area contributed by atoms with Crippen LogP contribution in [0.2, 0.25) is 0 Å². The topological polar surface area (TPSA) is 147 Å². The summed E-state index contributed by atoms with van der Waals surface area (Å²) in [4.78, 5) is 22.3. The Labute approximate surface area is 152 Å². The minimum absolute atomic E-state index is 0.107. The van der Waals surface area contributed by atoms with E-state index in [1.807, 2.05) is 6.92 Å². The zero-order valence-corrected chi connectivity index (χ0v) is 15.0. The Balaban J connectivity index is 2.10. The Hall–Kier alpha value is -1.30. The third-order valence-electron chi connectivity index (χ3n) is 3.96. The molecular weight excluding hydrogens is 348 g/mol. The molecule has 152 valence electrons. The normalized spacial score (nSPS) is 26.9. The van der Waals surface area contributed by atoms with Crippen LogP contribution in [0.3, 0.4) is 0 Å². The van der Waals surface area contributed by atoms with Crippen LogP contribution in [0.15, 0.2) is 0 Å². The van der Waals surface area contributed by atoms with Gasteiger partial charge < -0.3 is 40.2 Å². The molecule has 1 rings (SSSR count). The minimum Gasteiger partial charge on any atom is -0.394 e. The summed E-state index contributed by atoms with van der Waals surface area (Å²) in [5.74, 6) is -0.253. The summed E-state index contributed by atoms with van der Waals surface area (Å²) >= 11 is 0. The van der Waals surface area contributed by atoms with Gasteiger partial charge >= 0.3 is 0 Å².